The van der Waals surface area contributed by atoms with E-state index in [9.17, 15) is 14.4 Å². The molecular formula is C64H122O6. The zero-order valence-electron chi connectivity index (χ0n) is 47.6. The fourth-order valence-electron chi connectivity index (χ4n) is 9.74. The largest absolute Gasteiger partial charge is 0.462 e. The van der Waals surface area contributed by atoms with Crippen molar-refractivity contribution in [3.8, 4) is 0 Å². The Balaban J connectivity index is 4.11. The molecule has 0 aliphatic heterocycles. The lowest BCUT2D eigenvalue weighted by Crippen LogP contribution is -2.30. The molecule has 0 spiro atoms. The van der Waals surface area contributed by atoms with Gasteiger partial charge in [0.25, 0.3) is 0 Å². The summed E-state index contributed by atoms with van der Waals surface area (Å²) in [6.07, 6.45) is 69.5. The summed E-state index contributed by atoms with van der Waals surface area (Å²) in [5, 5.41) is 0. The van der Waals surface area contributed by atoms with Crippen LogP contribution < -0.4 is 0 Å². The smallest absolute Gasteiger partial charge is 0.306 e. The maximum Gasteiger partial charge on any atom is 0.306 e. The van der Waals surface area contributed by atoms with Crippen molar-refractivity contribution in [3.63, 3.8) is 0 Å². The Labute approximate surface area is 437 Å². The molecule has 414 valence electrons. The molecular weight excluding hydrogens is 865 g/mol. The number of rotatable bonds is 59. The van der Waals surface area contributed by atoms with E-state index in [4.69, 9.17) is 14.2 Å². The average Bonchev–Trinajstić information content (AvgIpc) is 3.36. The molecule has 0 radical (unpaired) electrons. The van der Waals surface area contributed by atoms with Crippen molar-refractivity contribution in [2.75, 3.05) is 13.2 Å². The van der Waals surface area contributed by atoms with Crippen LogP contribution in [0.4, 0.5) is 0 Å². The van der Waals surface area contributed by atoms with Crippen LogP contribution in [0.5, 0.6) is 0 Å². The predicted molar refractivity (Wildman–Crippen MR) is 303 cm³/mol. The number of allylic oxidation sites excluding steroid dienone is 2. The van der Waals surface area contributed by atoms with Crippen LogP contribution >= 0.6 is 0 Å². The second-order valence-corrected chi connectivity index (χ2v) is 21.7. The van der Waals surface area contributed by atoms with Crippen molar-refractivity contribution in [1.29, 1.82) is 0 Å². The van der Waals surface area contributed by atoms with Gasteiger partial charge in [-0.3, -0.25) is 14.4 Å². The van der Waals surface area contributed by atoms with E-state index in [1.807, 2.05) is 0 Å². The summed E-state index contributed by atoms with van der Waals surface area (Å²) in [6.45, 7) is 6.68. The predicted octanol–water partition coefficient (Wildman–Crippen LogP) is 21.3. The molecule has 0 rings (SSSR count). The third-order valence-corrected chi connectivity index (χ3v) is 14.5. The average molecular weight is 988 g/mol. The van der Waals surface area contributed by atoms with Crippen LogP contribution in [0.3, 0.4) is 0 Å². The normalized spacial score (nSPS) is 12.0. The quantitative estimate of drug-likeness (QED) is 0.0261. The number of ether oxygens (including phenoxy) is 3. The number of carbonyl (C=O) groups excluding carboxylic acids is 3. The molecule has 0 N–H and O–H groups in total. The van der Waals surface area contributed by atoms with Crippen LogP contribution in [0.2, 0.25) is 0 Å². The van der Waals surface area contributed by atoms with E-state index in [1.54, 1.807) is 0 Å². The highest BCUT2D eigenvalue weighted by atomic mass is 16.6. The number of unbranched alkanes of at least 4 members (excludes halogenated alkanes) is 46. The molecule has 0 aromatic heterocycles. The van der Waals surface area contributed by atoms with Crippen molar-refractivity contribution in [3.05, 3.63) is 12.2 Å². The Bertz CT molecular complexity index is 1090. The van der Waals surface area contributed by atoms with Crippen LogP contribution in [-0.2, 0) is 28.6 Å². The number of hydrogen-bond donors (Lipinski definition) is 0. The topological polar surface area (TPSA) is 78.9 Å². The van der Waals surface area contributed by atoms with Gasteiger partial charge in [-0.25, -0.2) is 0 Å². The summed E-state index contributed by atoms with van der Waals surface area (Å²) in [5.41, 5.74) is 0. The summed E-state index contributed by atoms with van der Waals surface area (Å²) in [4.78, 5) is 38.1. The molecule has 0 bridgehead atoms. The van der Waals surface area contributed by atoms with Gasteiger partial charge in [-0.15, -0.1) is 0 Å². The number of esters is 3. The Kier molecular flexibility index (Phi) is 58.1. The molecule has 6 nitrogen and oxygen atoms in total. The Morgan fingerprint density at radius 1 is 0.271 bits per heavy atom. The fraction of sp³-hybridized carbons (Fsp3) is 0.922. The van der Waals surface area contributed by atoms with E-state index < -0.39 is 6.10 Å². The lowest BCUT2D eigenvalue weighted by Gasteiger charge is -2.18. The highest BCUT2D eigenvalue weighted by Gasteiger charge is 2.19. The summed E-state index contributed by atoms with van der Waals surface area (Å²) >= 11 is 0. The summed E-state index contributed by atoms with van der Waals surface area (Å²) in [6, 6.07) is 0. The van der Waals surface area contributed by atoms with Crippen LogP contribution in [0, 0.1) is 0 Å². The Hall–Kier alpha value is -1.85. The van der Waals surface area contributed by atoms with E-state index in [-0.39, 0.29) is 31.1 Å². The van der Waals surface area contributed by atoms with Gasteiger partial charge in [0, 0.05) is 19.3 Å². The third kappa shape index (κ3) is 57.1. The van der Waals surface area contributed by atoms with Gasteiger partial charge in [0.2, 0.25) is 0 Å². The van der Waals surface area contributed by atoms with Gasteiger partial charge in [0.15, 0.2) is 6.10 Å². The molecule has 0 aliphatic rings. The maximum absolute atomic E-state index is 12.8. The molecule has 0 fully saturated rings. The molecule has 1 atom stereocenters. The van der Waals surface area contributed by atoms with Crippen LogP contribution in [-0.4, -0.2) is 37.2 Å². The zero-order valence-corrected chi connectivity index (χ0v) is 47.6. The first-order valence-corrected chi connectivity index (χ1v) is 31.7. The number of carbonyl (C=O) groups is 3. The van der Waals surface area contributed by atoms with Gasteiger partial charge in [0.05, 0.1) is 0 Å². The number of hydrogen-bond acceptors (Lipinski definition) is 6. The molecule has 6 heteroatoms. The minimum Gasteiger partial charge on any atom is -0.462 e. The maximum atomic E-state index is 12.8. The second-order valence-electron chi connectivity index (χ2n) is 21.7. The molecule has 1 unspecified atom stereocenters. The lowest BCUT2D eigenvalue weighted by atomic mass is 10.0. The van der Waals surface area contributed by atoms with Crippen molar-refractivity contribution in [2.24, 2.45) is 0 Å². The second kappa shape index (κ2) is 59.7. The van der Waals surface area contributed by atoms with Gasteiger partial charge in [-0.1, -0.05) is 309 Å². The molecule has 70 heavy (non-hydrogen) atoms. The van der Waals surface area contributed by atoms with Gasteiger partial charge in [-0.05, 0) is 44.9 Å². The van der Waals surface area contributed by atoms with Gasteiger partial charge in [0.1, 0.15) is 13.2 Å². The van der Waals surface area contributed by atoms with E-state index >= 15 is 0 Å². The van der Waals surface area contributed by atoms with Gasteiger partial charge < -0.3 is 14.2 Å². The first-order chi connectivity index (χ1) is 34.5. The highest BCUT2D eigenvalue weighted by molar-refractivity contribution is 5.71. The molecule has 0 saturated carbocycles. The molecule has 0 aromatic rings. The van der Waals surface area contributed by atoms with E-state index in [1.165, 1.54) is 263 Å². The van der Waals surface area contributed by atoms with E-state index in [0.29, 0.717) is 19.3 Å². The first-order valence-electron chi connectivity index (χ1n) is 31.7. The molecule has 0 heterocycles. The van der Waals surface area contributed by atoms with Crippen LogP contribution in [0.15, 0.2) is 12.2 Å². The summed E-state index contributed by atoms with van der Waals surface area (Å²) in [5.74, 6) is -0.847. The highest BCUT2D eigenvalue weighted by Crippen LogP contribution is 2.18. The Morgan fingerprint density at radius 3 is 0.714 bits per heavy atom. The van der Waals surface area contributed by atoms with Crippen molar-refractivity contribution < 1.29 is 28.6 Å². The molecule has 0 amide bonds. The van der Waals surface area contributed by atoms with Crippen LogP contribution in [0.1, 0.15) is 361 Å². The standard InChI is InChI=1S/C64H122O6/c1-4-7-10-13-16-19-21-23-25-27-28-29-30-31-32-33-34-35-37-38-40-42-45-48-51-54-57-63(66)69-60-61(59-68-62(65)56-53-50-47-44-18-15-12-9-6-3)70-64(67)58-55-52-49-46-43-41-39-36-26-24-22-20-17-14-11-8-5-2/h24,26,61H,4-23,25,27-60H2,1-3H3/b26-24-. The fourth-order valence-corrected chi connectivity index (χ4v) is 9.74. The molecule has 0 saturated heterocycles. The Morgan fingerprint density at radius 2 is 0.471 bits per heavy atom. The van der Waals surface area contributed by atoms with Gasteiger partial charge in [-0.2, -0.15) is 0 Å². The minimum absolute atomic E-state index is 0.0659. The third-order valence-electron chi connectivity index (χ3n) is 14.5. The van der Waals surface area contributed by atoms with E-state index in [0.717, 1.165) is 57.8 Å². The van der Waals surface area contributed by atoms with Crippen molar-refractivity contribution >= 4 is 17.9 Å². The molecule has 0 aromatic carbocycles. The minimum atomic E-state index is -0.766. The van der Waals surface area contributed by atoms with E-state index in [2.05, 4.69) is 32.9 Å². The summed E-state index contributed by atoms with van der Waals surface area (Å²) in [7, 11) is 0. The first kappa shape index (κ1) is 68.2. The molecule has 0 aliphatic carbocycles. The lowest BCUT2D eigenvalue weighted by molar-refractivity contribution is -0.167. The van der Waals surface area contributed by atoms with Crippen LogP contribution in [0.25, 0.3) is 0 Å². The van der Waals surface area contributed by atoms with Crippen molar-refractivity contribution in [2.45, 2.75) is 367 Å². The summed E-state index contributed by atoms with van der Waals surface area (Å²) < 4.78 is 16.9. The SMILES string of the molecule is CCCCCCCC/C=C\CCCCCCCCCC(=O)OC(COC(=O)CCCCCCCCCCC)COC(=O)CCCCCCCCCCCCCCCCCCCCCCCCCCCC. The zero-order chi connectivity index (χ0) is 50.7. The van der Waals surface area contributed by atoms with Crippen molar-refractivity contribution in [1.82, 2.24) is 0 Å². The monoisotopic (exact) mass is 987 g/mol. The van der Waals surface area contributed by atoms with Gasteiger partial charge >= 0.3 is 17.9 Å².